The SMILES string of the molecule is C[C@H](NC(=O)NCC(=O)N1CCc2ccccc2C1)c1ccncc1. The highest BCUT2D eigenvalue weighted by molar-refractivity contribution is 5.84. The fourth-order valence-electron chi connectivity index (χ4n) is 2.96. The standard InChI is InChI=1S/C19H22N4O2/c1-14(15-6-9-20-10-7-15)22-19(25)21-12-18(24)23-11-8-16-4-2-3-5-17(16)13-23/h2-7,9-10,14H,8,11-13H2,1H3,(H2,21,22,25)/t14-/m0/s1. The molecule has 1 aromatic carbocycles. The van der Waals surface area contributed by atoms with E-state index in [1.807, 2.05) is 37.3 Å². The molecule has 1 aliphatic heterocycles. The Labute approximate surface area is 147 Å². The second kappa shape index (κ2) is 7.79. The molecule has 25 heavy (non-hydrogen) atoms. The Morgan fingerprint density at radius 2 is 1.88 bits per heavy atom. The van der Waals surface area contributed by atoms with Gasteiger partial charge in [0.1, 0.15) is 0 Å². The molecule has 0 spiro atoms. The molecular weight excluding hydrogens is 316 g/mol. The zero-order chi connectivity index (χ0) is 17.6. The smallest absolute Gasteiger partial charge is 0.315 e. The quantitative estimate of drug-likeness (QED) is 0.896. The summed E-state index contributed by atoms with van der Waals surface area (Å²) in [6.45, 7) is 3.17. The zero-order valence-electron chi connectivity index (χ0n) is 14.2. The average Bonchev–Trinajstić information content (AvgIpc) is 2.66. The molecule has 0 radical (unpaired) electrons. The van der Waals surface area contributed by atoms with Crippen molar-refractivity contribution in [3.8, 4) is 0 Å². The summed E-state index contributed by atoms with van der Waals surface area (Å²) in [7, 11) is 0. The molecule has 1 atom stereocenters. The number of nitrogens with zero attached hydrogens (tertiary/aromatic N) is 2. The molecule has 1 aromatic heterocycles. The molecule has 0 fully saturated rings. The van der Waals surface area contributed by atoms with Crippen LogP contribution in [0.3, 0.4) is 0 Å². The number of rotatable bonds is 4. The number of benzene rings is 1. The fourth-order valence-corrected chi connectivity index (χ4v) is 2.96. The predicted molar refractivity (Wildman–Crippen MR) is 94.7 cm³/mol. The third kappa shape index (κ3) is 4.35. The number of fused-ring (bicyclic) bond motifs is 1. The van der Waals surface area contributed by atoms with E-state index in [1.54, 1.807) is 17.3 Å². The molecule has 0 bridgehead atoms. The lowest BCUT2D eigenvalue weighted by Gasteiger charge is -2.29. The van der Waals surface area contributed by atoms with Gasteiger partial charge in [0.05, 0.1) is 12.6 Å². The van der Waals surface area contributed by atoms with Gasteiger partial charge in [0.2, 0.25) is 5.91 Å². The number of carbonyl (C=O) groups excluding carboxylic acids is 2. The topological polar surface area (TPSA) is 74.3 Å². The van der Waals surface area contributed by atoms with Crippen molar-refractivity contribution in [2.75, 3.05) is 13.1 Å². The van der Waals surface area contributed by atoms with Gasteiger partial charge < -0.3 is 15.5 Å². The minimum absolute atomic E-state index is 0.00291. The Bertz CT molecular complexity index is 748. The van der Waals surface area contributed by atoms with Crippen LogP contribution < -0.4 is 10.6 Å². The second-order valence-corrected chi connectivity index (χ2v) is 6.16. The van der Waals surface area contributed by atoms with Crippen molar-refractivity contribution in [1.29, 1.82) is 0 Å². The number of hydrogen-bond donors (Lipinski definition) is 2. The first-order valence-electron chi connectivity index (χ1n) is 8.42. The number of pyridine rings is 1. The van der Waals surface area contributed by atoms with E-state index in [0.717, 1.165) is 12.0 Å². The highest BCUT2D eigenvalue weighted by atomic mass is 16.2. The molecule has 0 saturated heterocycles. The molecule has 2 N–H and O–H groups in total. The van der Waals surface area contributed by atoms with Crippen LogP contribution in [0.4, 0.5) is 4.79 Å². The third-order valence-electron chi connectivity index (χ3n) is 4.44. The maximum Gasteiger partial charge on any atom is 0.315 e. The largest absolute Gasteiger partial charge is 0.336 e. The van der Waals surface area contributed by atoms with Gasteiger partial charge in [0, 0.05) is 25.5 Å². The van der Waals surface area contributed by atoms with E-state index >= 15 is 0 Å². The number of amides is 3. The van der Waals surface area contributed by atoms with Crippen molar-refractivity contribution in [3.63, 3.8) is 0 Å². The van der Waals surface area contributed by atoms with Gasteiger partial charge >= 0.3 is 6.03 Å². The molecule has 6 nitrogen and oxygen atoms in total. The van der Waals surface area contributed by atoms with Crippen LogP contribution in [-0.4, -0.2) is 34.9 Å². The number of carbonyl (C=O) groups is 2. The Morgan fingerprint density at radius 3 is 2.64 bits per heavy atom. The second-order valence-electron chi connectivity index (χ2n) is 6.16. The Morgan fingerprint density at radius 1 is 1.16 bits per heavy atom. The Balaban J connectivity index is 1.47. The first-order valence-corrected chi connectivity index (χ1v) is 8.42. The number of aromatic nitrogens is 1. The molecule has 0 unspecified atom stereocenters. The molecule has 3 amide bonds. The minimum Gasteiger partial charge on any atom is -0.336 e. The summed E-state index contributed by atoms with van der Waals surface area (Å²) in [6, 6.07) is 11.3. The lowest BCUT2D eigenvalue weighted by molar-refractivity contribution is -0.131. The molecular formula is C19H22N4O2. The van der Waals surface area contributed by atoms with Gasteiger partial charge in [-0.3, -0.25) is 9.78 Å². The lowest BCUT2D eigenvalue weighted by Crippen LogP contribution is -2.45. The maximum absolute atomic E-state index is 12.3. The van der Waals surface area contributed by atoms with Gasteiger partial charge in [-0.15, -0.1) is 0 Å². The summed E-state index contributed by atoms with van der Waals surface area (Å²) >= 11 is 0. The van der Waals surface area contributed by atoms with Crippen LogP contribution in [0.25, 0.3) is 0 Å². The molecule has 130 valence electrons. The molecule has 1 aliphatic rings. The molecule has 2 aromatic rings. The zero-order valence-corrected chi connectivity index (χ0v) is 14.2. The van der Waals surface area contributed by atoms with Crippen LogP contribution in [-0.2, 0) is 17.8 Å². The number of urea groups is 1. The Hall–Kier alpha value is -2.89. The van der Waals surface area contributed by atoms with Gasteiger partial charge in [-0.25, -0.2) is 4.79 Å². The summed E-state index contributed by atoms with van der Waals surface area (Å²) in [5.41, 5.74) is 3.44. The summed E-state index contributed by atoms with van der Waals surface area (Å²) < 4.78 is 0. The van der Waals surface area contributed by atoms with E-state index in [-0.39, 0.29) is 24.5 Å². The van der Waals surface area contributed by atoms with Crippen molar-refractivity contribution in [2.45, 2.75) is 25.9 Å². The summed E-state index contributed by atoms with van der Waals surface area (Å²) in [5, 5.41) is 5.47. The van der Waals surface area contributed by atoms with E-state index in [4.69, 9.17) is 0 Å². The lowest BCUT2D eigenvalue weighted by atomic mass is 10.00. The summed E-state index contributed by atoms with van der Waals surface area (Å²) in [6.07, 6.45) is 4.22. The van der Waals surface area contributed by atoms with E-state index in [9.17, 15) is 9.59 Å². The molecule has 0 aliphatic carbocycles. The summed E-state index contributed by atoms with van der Waals surface area (Å²) in [5.74, 6) is -0.0683. The molecule has 2 heterocycles. The predicted octanol–water partition coefficient (Wildman–Crippen LogP) is 2.03. The van der Waals surface area contributed by atoms with E-state index in [0.29, 0.717) is 13.1 Å². The maximum atomic E-state index is 12.3. The van der Waals surface area contributed by atoms with Gasteiger partial charge in [0.15, 0.2) is 0 Å². The van der Waals surface area contributed by atoms with Crippen molar-refractivity contribution < 1.29 is 9.59 Å². The van der Waals surface area contributed by atoms with Crippen LogP contribution in [0.15, 0.2) is 48.8 Å². The van der Waals surface area contributed by atoms with Crippen LogP contribution >= 0.6 is 0 Å². The number of hydrogen-bond acceptors (Lipinski definition) is 3. The van der Waals surface area contributed by atoms with Gasteiger partial charge in [-0.2, -0.15) is 0 Å². The first-order chi connectivity index (χ1) is 12.1. The highest BCUT2D eigenvalue weighted by Gasteiger charge is 2.20. The fraction of sp³-hybridized carbons (Fsp3) is 0.316. The van der Waals surface area contributed by atoms with Crippen molar-refractivity contribution in [3.05, 3.63) is 65.5 Å². The number of nitrogens with one attached hydrogen (secondary N) is 2. The van der Waals surface area contributed by atoms with Gasteiger partial charge in [-0.05, 0) is 42.2 Å². The normalized spacial score (nSPS) is 14.4. The van der Waals surface area contributed by atoms with Crippen LogP contribution in [0.5, 0.6) is 0 Å². The summed E-state index contributed by atoms with van der Waals surface area (Å²) in [4.78, 5) is 30.1. The van der Waals surface area contributed by atoms with Crippen molar-refractivity contribution in [2.24, 2.45) is 0 Å². The van der Waals surface area contributed by atoms with Crippen molar-refractivity contribution in [1.82, 2.24) is 20.5 Å². The average molecular weight is 338 g/mol. The highest BCUT2D eigenvalue weighted by Crippen LogP contribution is 2.18. The van der Waals surface area contributed by atoms with Crippen LogP contribution in [0, 0.1) is 0 Å². The monoisotopic (exact) mass is 338 g/mol. The first kappa shape index (κ1) is 17.0. The third-order valence-corrected chi connectivity index (χ3v) is 4.44. The molecule has 3 rings (SSSR count). The van der Waals surface area contributed by atoms with Crippen LogP contribution in [0.1, 0.15) is 29.7 Å². The minimum atomic E-state index is -0.352. The van der Waals surface area contributed by atoms with E-state index < -0.39 is 0 Å². The van der Waals surface area contributed by atoms with Crippen molar-refractivity contribution >= 4 is 11.9 Å². The Kier molecular flexibility index (Phi) is 5.28. The molecule has 6 heteroatoms. The van der Waals surface area contributed by atoms with E-state index in [2.05, 4.69) is 21.7 Å². The van der Waals surface area contributed by atoms with Gasteiger partial charge in [-0.1, -0.05) is 24.3 Å². The van der Waals surface area contributed by atoms with Gasteiger partial charge in [0.25, 0.3) is 0 Å². The van der Waals surface area contributed by atoms with Crippen LogP contribution in [0.2, 0.25) is 0 Å². The van der Waals surface area contributed by atoms with E-state index in [1.165, 1.54) is 11.1 Å². The molecule has 0 saturated carbocycles.